The maximum Gasteiger partial charge on any atom is 0.278 e. The maximum atomic E-state index is 11.8. The summed E-state index contributed by atoms with van der Waals surface area (Å²) in [5.74, 6) is -0.903. The van der Waals surface area contributed by atoms with E-state index >= 15 is 0 Å². The van der Waals surface area contributed by atoms with Gasteiger partial charge in [-0.05, 0) is 34.1 Å². The average Bonchev–Trinajstić information content (AvgIpc) is 2.96. The molecule has 1 N–H and O–H groups in total. The van der Waals surface area contributed by atoms with Gasteiger partial charge >= 0.3 is 0 Å². The smallest absolute Gasteiger partial charge is 0.278 e. The summed E-state index contributed by atoms with van der Waals surface area (Å²) in [6.07, 6.45) is 1.89. The van der Waals surface area contributed by atoms with Crippen molar-refractivity contribution >= 4 is 19.7 Å². The van der Waals surface area contributed by atoms with Gasteiger partial charge in [-0.15, -0.1) is 6.61 Å². The van der Waals surface area contributed by atoms with Crippen molar-refractivity contribution in [2.75, 3.05) is 19.8 Å². The van der Waals surface area contributed by atoms with Gasteiger partial charge in [0, 0.05) is 40.0 Å². The van der Waals surface area contributed by atoms with Crippen LogP contribution in [0, 0.1) is 6.61 Å². The van der Waals surface area contributed by atoms with Crippen LogP contribution in [0.2, 0.25) is 0 Å². The molecule has 0 aromatic carbocycles. The Morgan fingerprint density at radius 2 is 1.84 bits per heavy atom. The summed E-state index contributed by atoms with van der Waals surface area (Å²) in [6, 6.07) is -0.652. The molecule has 8 nitrogen and oxygen atoms in total. The second-order valence-electron chi connectivity index (χ2n) is 7.86. The summed E-state index contributed by atoms with van der Waals surface area (Å²) in [7, 11) is 6.08. The number of nitrogens with one attached hydrogen (secondary N) is 1. The molecule has 0 spiro atoms. The number of hydrogen-bond donors (Lipinski definition) is 1. The first-order chi connectivity index (χ1) is 14.2. The summed E-state index contributed by atoms with van der Waals surface area (Å²) in [5.41, 5.74) is 0. The first-order valence-electron chi connectivity index (χ1n) is 10.8. The molecule has 1 heterocycles. The van der Waals surface area contributed by atoms with Gasteiger partial charge in [0.1, 0.15) is 32.1 Å². The first kappa shape index (κ1) is 30.4. The monoisotopic (exact) mass is 610 g/mol. The number of esters is 1. The van der Waals surface area contributed by atoms with Gasteiger partial charge in [0.25, 0.3) is 5.97 Å². The number of hydrogen-bond acceptors (Lipinski definition) is 7. The maximum absolute atomic E-state index is 11.8. The molecular formula is C21H37BNO7W-. The Morgan fingerprint density at radius 1 is 1.13 bits per heavy atom. The molecule has 0 aliphatic carbocycles. The van der Waals surface area contributed by atoms with E-state index in [1.807, 2.05) is 34.6 Å². The number of carbonyl (C=O) groups excluding carboxylic acids is 2. The second-order valence-corrected chi connectivity index (χ2v) is 7.86. The van der Waals surface area contributed by atoms with Crippen LogP contribution in [-0.4, -0.2) is 76.0 Å². The molecule has 1 aliphatic rings. The van der Waals surface area contributed by atoms with Gasteiger partial charge < -0.3 is 33.8 Å². The molecule has 1 aliphatic heterocycles. The Kier molecular flexibility index (Phi) is 16.6. The van der Waals surface area contributed by atoms with Gasteiger partial charge in [0.15, 0.2) is 0 Å². The van der Waals surface area contributed by atoms with Crippen molar-refractivity contribution in [1.29, 1.82) is 0 Å². The normalized spacial score (nSPS) is 22.9. The summed E-state index contributed by atoms with van der Waals surface area (Å²) in [5, 5.41) is 2.61. The SMILES string of the molecule is [B][C@@H]1O[C@H](COC(C)C)[C@H](OC(C)C)C1OCCNC(=O)[CH-]OC(=O)CCCCC.[W]. The molecule has 0 aromatic heterocycles. The van der Waals surface area contributed by atoms with Crippen molar-refractivity contribution < 1.29 is 54.3 Å². The molecule has 1 unspecified atom stereocenters. The third-order valence-electron chi connectivity index (χ3n) is 4.36. The van der Waals surface area contributed by atoms with Gasteiger partial charge in [-0.2, -0.15) is 0 Å². The molecule has 10 heteroatoms. The van der Waals surface area contributed by atoms with Gasteiger partial charge in [-0.3, -0.25) is 4.79 Å². The van der Waals surface area contributed by atoms with E-state index in [0.717, 1.165) is 25.9 Å². The van der Waals surface area contributed by atoms with E-state index in [9.17, 15) is 9.59 Å². The van der Waals surface area contributed by atoms with Crippen molar-refractivity contribution in [3.8, 4) is 0 Å². The van der Waals surface area contributed by atoms with Crippen LogP contribution in [0.15, 0.2) is 0 Å². The van der Waals surface area contributed by atoms with E-state index in [0.29, 0.717) is 13.0 Å². The van der Waals surface area contributed by atoms with Crippen LogP contribution < -0.4 is 5.32 Å². The van der Waals surface area contributed by atoms with Crippen molar-refractivity contribution in [3.63, 3.8) is 0 Å². The number of amides is 1. The van der Waals surface area contributed by atoms with Gasteiger partial charge in [0.2, 0.25) is 0 Å². The van der Waals surface area contributed by atoms with E-state index < -0.39 is 24.0 Å². The Balaban J connectivity index is 0.00000900. The molecule has 1 saturated heterocycles. The Labute approximate surface area is 202 Å². The Bertz CT molecular complexity index is 510. The standard InChI is InChI=1S/C21H37BNO7.W/c1-6-7-8-9-18(25)28-13-17(24)23-10-11-26-20-19(29-15(4)5)16(30-21(20)22)12-27-14(2)3;/h13-16,19-21H,6-12H2,1-5H3,(H,23,24);/q-1;/t16-,19+,20?,21-;/m1./s1. The van der Waals surface area contributed by atoms with Crippen molar-refractivity contribution in [3.05, 3.63) is 6.61 Å². The topological polar surface area (TPSA) is 92.3 Å². The zero-order valence-electron chi connectivity index (χ0n) is 19.3. The van der Waals surface area contributed by atoms with Crippen LogP contribution in [0.4, 0.5) is 0 Å². The largest absolute Gasteiger partial charge is 0.609 e. The van der Waals surface area contributed by atoms with E-state index in [-0.39, 0.29) is 58.6 Å². The number of unbranched alkanes of at least 4 members (excludes halogenated alkanes) is 2. The third-order valence-corrected chi connectivity index (χ3v) is 4.36. The number of carbonyl (C=O) groups is 2. The Morgan fingerprint density at radius 3 is 2.45 bits per heavy atom. The zero-order chi connectivity index (χ0) is 22.5. The third kappa shape index (κ3) is 12.9. The van der Waals surface area contributed by atoms with Crippen molar-refractivity contribution in [2.24, 2.45) is 0 Å². The van der Waals surface area contributed by atoms with Crippen LogP contribution in [0.1, 0.15) is 60.3 Å². The fourth-order valence-corrected chi connectivity index (χ4v) is 2.95. The number of ether oxygens (including phenoxy) is 5. The molecule has 31 heavy (non-hydrogen) atoms. The minimum absolute atomic E-state index is 0. The van der Waals surface area contributed by atoms with E-state index in [4.69, 9.17) is 31.5 Å². The van der Waals surface area contributed by atoms with Crippen molar-refractivity contribution in [1.82, 2.24) is 5.32 Å². The molecule has 0 bridgehead atoms. The average molecular weight is 610 g/mol. The summed E-state index contributed by atoms with van der Waals surface area (Å²) >= 11 is 0. The van der Waals surface area contributed by atoms with Crippen LogP contribution in [0.5, 0.6) is 0 Å². The summed E-state index contributed by atoms with van der Waals surface area (Å²) in [6.45, 7) is 11.5. The molecule has 1 amide bonds. The molecule has 0 saturated carbocycles. The fraction of sp³-hybridized carbons (Fsp3) is 0.857. The molecule has 178 valence electrons. The van der Waals surface area contributed by atoms with Gasteiger partial charge in [0.05, 0.1) is 25.4 Å². The second kappa shape index (κ2) is 17.0. The van der Waals surface area contributed by atoms with E-state index in [2.05, 4.69) is 5.32 Å². The van der Waals surface area contributed by atoms with Gasteiger partial charge in [-0.1, -0.05) is 19.8 Å². The molecule has 1 fully saturated rings. The van der Waals surface area contributed by atoms with Gasteiger partial charge in [-0.25, -0.2) is 0 Å². The van der Waals surface area contributed by atoms with Crippen LogP contribution >= 0.6 is 0 Å². The minimum atomic E-state index is -0.652. The van der Waals surface area contributed by atoms with E-state index in [1.54, 1.807) is 0 Å². The Hall–Kier alpha value is -0.597. The van der Waals surface area contributed by atoms with Crippen LogP contribution in [0.25, 0.3) is 0 Å². The minimum Gasteiger partial charge on any atom is -0.609 e. The summed E-state index contributed by atoms with van der Waals surface area (Å²) < 4.78 is 28.1. The quantitative estimate of drug-likeness (QED) is 0.131. The van der Waals surface area contributed by atoms with Crippen LogP contribution in [0.3, 0.4) is 0 Å². The summed E-state index contributed by atoms with van der Waals surface area (Å²) in [4.78, 5) is 23.3. The zero-order valence-corrected chi connectivity index (χ0v) is 22.3. The predicted octanol–water partition coefficient (Wildman–Crippen LogP) is 1.88. The van der Waals surface area contributed by atoms with E-state index in [1.165, 1.54) is 0 Å². The van der Waals surface area contributed by atoms with Crippen LogP contribution in [-0.2, 0) is 54.3 Å². The molecule has 4 atom stereocenters. The fourth-order valence-electron chi connectivity index (χ4n) is 2.95. The molecule has 2 radical (unpaired) electrons. The van der Waals surface area contributed by atoms with Crippen molar-refractivity contribution in [2.45, 2.75) is 96.8 Å². The first-order valence-corrected chi connectivity index (χ1v) is 10.8. The molecule has 1 rings (SSSR count). The molecular weight excluding hydrogens is 573 g/mol. The number of rotatable bonds is 15. The molecule has 0 aromatic rings. The predicted molar refractivity (Wildman–Crippen MR) is 113 cm³/mol.